The van der Waals surface area contributed by atoms with Gasteiger partial charge in [0.15, 0.2) is 0 Å². The van der Waals surface area contributed by atoms with Crippen molar-refractivity contribution >= 4 is 0 Å². The van der Waals surface area contributed by atoms with Crippen molar-refractivity contribution < 1.29 is 0 Å². The molecule has 0 aromatic rings. The Labute approximate surface area is 107 Å². The lowest BCUT2D eigenvalue weighted by molar-refractivity contribution is 0.399. The van der Waals surface area contributed by atoms with Crippen LogP contribution in [0.2, 0.25) is 0 Å². The summed E-state index contributed by atoms with van der Waals surface area (Å²) in [5.41, 5.74) is 2.71. The zero-order chi connectivity index (χ0) is 12.8. The quantitative estimate of drug-likeness (QED) is 0.637. The molecule has 1 rings (SSSR count). The van der Waals surface area contributed by atoms with Crippen LogP contribution in [0.3, 0.4) is 0 Å². The lowest BCUT2D eigenvalue weighted by Gasteiger charge is -2.25. The number of hydrogen-bond acceptors (Lipinski definition) is 1. The standard InChI is InChI=1S/C16H27N/c1-6-17(13(2)3)11-7-8-16-10-9-14(4)12-15(16)5/h7-8,12,15-16H,2,6,9-11H2,1,3-5H3/b8-7+. The second-order valence-corrected chi connectivity index (χ2v) is 5.28. The van der Waals surface area contributed by atoms with Gasteiger partial charge in [-0.1, -0.05) is 37.3 Å². The Balaban J connectivity index is 2.46. The third-order valence-corrected chi connectivity index (χ3v) is 3.73. The van der Waals surface area contributed by atoms with Crippen LogP contribution in [0, 0.1) is 11.8 Å². The van der Waals surface area contributed by atoms with Crippen LogP contribution in [0.4, 0.5) is 0 Å². The zero-order valence-electron chi connectivity index (χ0n) is 11.9. The Morgan fingerprint density at radius 3 is 2.82 bits per heavy atom. The molecule has 2 atom stereocenters. The molecule has 0 fully saturated rings. The summed E-state index contributed by atoms with van der Waals surface area (Å²) in [6, 6.07) is 0. The van der Waals surface area contributed by atoms with E-state index in [4.69, 9.17) is 0 Å². The van der Waals surface area contributed by atoms with Crippen LogP contribution in [0.5, 0.6) is 0 Å². The van der Waals surface area contributed by atoms with Crippen molar-refractivity contribution in [3.63, 3.8) is 0 Å². The maximum atomic E-state index is 4.00. The van der Waals surface area contributed by atoms with E-state index in [1.807, 2.05) is 0 Å². The number of allylic oxidation sites excluding steroid dienone is 4. The van der Waals surface area contributed by atoms with Crippen LogP contribution in [-0.2, 0) is 0 Å². The lowest BCUT2D eigenvalue weighted by Crippen LogP contribution is -2.21. The molecule has 0 amide bonds. The molecule has 0 heterocycles. The lowest BCUT2D eigenvalue weighted by atomic mass is 9.82. The summed E-state index contributed by atoms with van der Waals surface area (Å²) in [6.45, 7) is 14.9. The molecule has 0 saturated carbocycles. The third-order valence-electron chi connectivity index (χ3n) is 3.73. The normalized spacial score (nSPS) is 24.8. The van der Waals surface area contributed by atoms with Gasteiger partial charge in [0.25, 0.3) is 0 Å². The minimum absolute atomic E-state index is 0.694. The SMILES string of the molecule is C=C(C)N(CC)C/C=C/C1CCC(C)=CC1C. The first kappa shape index (κ1) is 14.1. The van der Waals surface area contributed by atoms with E-state index < -0.39 is 0 Å². The molecule has 0 saturated heterocycles. The number of nitrogens with zero attached hydrogens (tertiary/aromatic N) is 1. The number of likely N-dealkylation sites (N-methyl/N-ethyl adjacent to an activating group) is 1. The molecule has 96 valence electrons. The van der Waals surface area contributed by atoms with E-state index in [0.29, 0.717) is 5.92 Å². The van der Waals surface area contributed by atoms with Crippen molar-refractivity contribution in [3.05, 3.63) is 36.1 Å². The monoisotopic (exact) mass is 233 g/mol. The molecule has 1 aliphatic carbocycles. The maximum absolute atomic E-state index is 4.00. The molecule has 1 heteroatoms. The van der Waals surface area contributed by atoms with E-state index >= 15 is 0 Å². The van der Waals surface area contributed by atoms with Crippen molar-refractivity contribution in [2.24, 2.45) is 11.8 Å². The molecule has 0 spiro atoms. The van der Waals surface area contributed by atoms with Gasteiger partial charge in [-0.25, -0.2) is 0 Å². The minimum atomic E-state index is 0.694. The van der Waals surface area contributed by atoms with Gasteiger partial charge in [-0.2, -0.15) is 0 Å². The molecule has 1 nitrogen and oxygen atoms in total. The molecule has 2 unspecified atom stereocenters. The molecule has 0 bridgehead atoms. The number of rotatable bonds is 5. The van der Waals surface area contributed by atoms with E-state index in [0.717, 1.165) is 24.7 Å². The van der Waals surface area contributed by atoms with Gasteiger partial charge in [0, 0.05) is 18.8 Å². The van der Waals surface area contributed by atoms with Crippen LogP contribution in [0.25, 0.3) is 0 Å². The number of hydrogen-bond donors (Lipinski definition) is 0. The average Bonchev–Trinajstić information content (AvgIpc) is 2.26. The second kappa shape index (κ2) is 6.68. The van der Waals surface area contributed by atoms with Crippen LogP contribution in [0.15, 0.2) is 36.1 Å². The van der Waals surface area contributed by atoms with E-state index in [9.17, 15) is 0 Å². The molecule has 0 aromatic heterocycles. The summed E-state index contributed by atoms with van der Waals surface area (Å²) in [5.74, 6) is 1.42. The molecule has 0 radical (unpaired) electrons. The van der Waals surface area contributed by atoms with Crippen molar-refractivity contribution in [3.8, 4) is 0 Å². The summed E-state index contributed by atoms with van der Waals surface area (Å²) >= 11 is 0. The largest absolute Gasteiger partial charge is 0.372 e. The van der Waals surface area contributed by atoms with Crippen molar-refractivity contribution in [1.29, 1.82) is 0 Å². The third kappa shape index (κ3) is 4.41. The second-order valence-electron chi connectivity index (χ2n) is 5.28. The van der Waals surface area contributed by atoms with Gasteiger partial charge in [-0.3, -0.25) is 0 Å². The van der Waals surface area contributed by atoms with E-state index in [2.05, 4.69) is 57.4 Å². The van der Waals surface area contributed by atoms with Gasteiger partial charge in [-0.15, -0.1) is 0 Å². The van der Waals surface area contributed by atoms with Crippen LogP contribution in [0.1, 0.15) is 40.5 Å². The van der Waals surface area contributed by atoms with E-state index in [-0.39, 0.29) is 0 Å². The van der Waals surface area contributed by atoms with E-state index in [1.165, 1.54) is 12.8 Å². The van der Waals surface area contributed by atoms with Crippen molar-refractivity contribution in [1.82, 2.24) is 4.90 Å². The molecule has 0 N–H and O–H groups in total. The fraction of sp³-hybridized carbons (Fsp3) is 0.625. The van der Waals surface area contributed by atoms with Crippen molar-refractivity contribution in [2.75, 3.05) is 13.1 Å². The van der Waals surface area contributed by atoms with Gasteiger partial charge in [0.2, 0.25) is 0 Å². The highest BCUT2D eigenvalue weighted by molar-refractivity contribution is 5.10. The predicted octanol–water partition coefficient (Wildman–Crippen LogP) is 4.39. The summed E-state index contributed by atoms with van der Waals surface area (Å²) in [4.78, 5) is 2.30. The van der Waals surface area contributed by atoms with Crippen LogP contribution >= 0.6 is 0 Å². The Kier molecular flexibility index (Phi) is 5.54. The average molecular weight is 233 g/mol. The highest BCUT2D eigenvalue weighted by atomic mass is 15.1. The van der Waals surface area contributed by atoms with Crippen LogP contribution < -0.4 is 0 Å². The van der Waals surface area contributed by atoms with E-state index in [1.54, 1.807) is 5.57 Å². The first-order chi connectivity index (χ1) is 8.04. The molecular weight excluding hydrogens is 206 g/mol. The molecule has 1 aliphatic rings. The van der Waals surface area contributed by atoms with Gasteiger partial charge >= 0.3 is 0 Å². The topological polar surface area (TPSA) is 3.24 Å². The summed E-state index contributed by atoms with van der Waals surface area (Å²) in [7, 11) is 0. The molecule has 0 aromatic carbocycles. The predicted molar refractivity (Wildman–Crippen MR) is 76.8 cm³/mol. The Hall–Kier alpha value is -0.980. The smallest absolute Gasteiger partial charge is 0.0356 e. The highest BCUT2D eigenvalue weighted by Crippen LogP contribution is 2.29. The summed E-state index contributed by atoms with van der Waals surface area (Å²) < 4.78 is 0. The molecule has 17 heavy (non-hydrogen) atoms. The summed E-state index contributed by atoms with van der Waals surface area (Å²) in [6.07, 6.45) is 9.71. The van der Waals surface area contributed by atoms with Crippen molar-refractivity contribution in [2.45, 2.75) is 40.5 Å². The summed E-state index contributed by atoms with van der Waals surface area (Å²) in [5, 5.41) is 0. The van der Waals surface area contributed by atoms with Gasteiger partial charge in [-0.05, 0) is 45.4 Å². The van der Waals surface area contributed by atoms with Gasteiger partial charge in [0.05, 0.1) is 0 Å². The Morgan fingerprint density at radius 2 is 2.29 bits per heavy atom. The minimum Gasteiger partial charge on any atom is -0.372 e. The van der Waals surface area contributed by atoms with Gasteiger partial charge < -0.3 is 4.90 Å². The fourth-order valence-corrected chi connectivity index (χ4v) is 2.50. The first-order valence-corrected chi connectivity index (χ1v) is 6.79. The maximum Gasteiger partial charge on any atom is 0.0356 e. The molecule has 0 aliphatic heterocycles. The Bertz CT molecular complexity index is 311. The fourth-order valence-electron chi connectivity index (χ4n) is 2.50. The first-order valence-electron chi connectivity index (χ1n) is 6.79. The highest BCUT2D eigenvalue weighted by Gasteiger charge is 2.16. The molecular formula is C16H27N. The van der Waals surface area contributed by atoms with Crippen LogP contribution in [-0.4, -0.2) is 18.0 Å². The Morgan fingerprint density at radius 1 is 1.59 bits per heavy atom. The zero-order valence-corrected chi connectivity index (χ0v) is 11.9. The van der Waals surface area contributed by atoms with Gasteiger partial charge in [0.1, 0.15) is 0 Å².